The van der Waals surface area contributed by atoms with Crippen LogP contribution in [0.2, 0.25) is 0 Å². The van der Waals surface area contributed by atoms with E-state index in [0.29, 0.717) is 6.54 Å². The summed E-state index contributed by atoms with van der Waals surface area (Å²) in [6, 6.07) is 40.2. The third kappa shape index (κ3) is 4.51. The summed E-state index contributed by atoms with van der Waals surface area (Å²) in [4.78, 5) is 0. The molecule has 37 heavy (non-hydrogen) atoms. The van der Waals surface area contributed by atoms with Crippen molar-refractivity contribution in [1.82, 2.24) is 5.32 Å². The number of nitrogens with one attached hydrogen (secondary N) is 1. The van der Waals surface area contributed by atoms with Crippen molar-refractivity contribution in [2.45, 2.75) is 49.9 Å². The molecule has 4 aromatic rings. The average molecular weight is 494 g/mol. The maximum atomic E-state index is 12.8. The maximum absolute atomic E-state index is 12.8. The van der Waals surface area contributed by atoms with Gasteiger partial charge in [0.2, 0.25) is 0 Å². The van der Waals surface area contributed by atoms with Crippen LogP contribution in [0.15, 0.2) is 121 Å². The van der Waals surface area contributed by atoms with Crippen LogP contribution in [-0.4, -0.2) is 29.6 Å². The Labute approximate surface area is 219 Å². The molecule has 1 saturated heterocycles. The molecular weight excluding hydrogens is 458 g/mol. The number of likely N-dealkylation sites (N-methyl/N-ethyl adjacent to an activating group) is 1. The van der Waals surface area contributed by atoms with E-state index >= 15 is 0 Å². The summed E-state index contributed by atoms with van der Waals surface area (Å²) >= 11 is 0. The summed E-state index contributed by atoms with van der Waals surface area (Å²) in [6.07, 6.45) is -1.33. The molecule has 2 atom stereocenters. The van der Waals surface area contributed by atoms with E-state index in [2.05, 4.69) is 36.5 Å². The first-order valence-corrected chi connectivity index (χ1v) is 13.0. The van der Waals surface area contributed by atoms with E-state index in [1.807, 2.05) is 111 Å². The Kier molecular flexibility index (Phi) is 7.02. The number of hydrogen-bond donors (Lipinski definition) is 2. The molecule has 0 radical (unpaired) electrons. The molecule has 0 unspecified atom stereocenters. The lowest BCUT2D eigenvalue weighted by molar-refractivity contribution is -0.167. The Morgan fingerprint density at radius 2 is 0.973 bits per heavy atom. The molecule has 2 N–H and O–H groups in total. The second-order valence-corrected chi connectivity index (χ2v) is 10.0. The second kappa shape index (κ2) is 10.2. The Hall–Kier alpha value is -3.28. The van der Waals surface area contributed by atoms with Crippen LogP contribution in [0.25, 0.3) is 0 Å². The first-order valence-electron chi connectivity index (χ1n) is 13.0. The lowest BCUT2D eigenvalue weighted by Gasteiger charge is -2.46. The van der Waals surface area contributed by atoms with E-state index in [4.69, 9.17) is 9.47 Å². The van der Waals surface area contributed by atoms with Crippen molar-refractivity contribution in [2.75, 3.05) is 6.54 Å². The minimum absolute atomic E-state index is 0.585. The molecular formula is C33H35NO3. The highest BCUT2D eigenvalue weighted by molar-refractivity contribution is 5.45. The Morgan fingerprint density at radius 1 is 0.622 bits per heavy atom. The molecule has 4 heteroatoms. The molecule has 5 rings (SSSR count). The van der Waals surface area contributed by atoms with Gasteiger partial charge in [0, 0.05) is 0 Å². The molecule has 1 fully saturated rings. The summed E-state index contributed by atoms with van der Waals surface area (Å²) in [5.74, 6) is -0.933. The van der Waals surface area contributed by atoms with Gasteiger partial charge < -0.3 is 19.9 Å². The van der Waals surface area contributed by atoms with Gasteiger partial charge in [-0.1, -0.05) is 128 Å². The Bertz CT molecular complexity index is 1200. The van der Waals surface area contributed by atoms with Crippen LogP contribution < -0.4 is 5.32 Å². The molecule has 1 heterocycles. The predicted molar refractivity (Wildman–Crippen MR) is 147 cm³/mol. The zero-order valence-electron chi connectivity index (χ0n) is 21.7. The number of hydrogen-bond acceptors (Lipinski definition) is 4. The lowest BCUT2D eigenvalue weighted by Crippen LogP contribution is -2.60. The van der Waals surface area contributed by atoms with Crippen LogP contribution in [-0.2, 0) is 20.6 Å². The molecule has 0 saturated carbocycles. The fraction of sp³-hybridized carbons (Fsp3) is 0.273. The van der Waals surface area contributed by atoms with E-state index in [1.54, 1.807) is 0 Å². The van der Waals surface area contributed by atoms with Crippen molar-refractivity contribution < 1.29 is 14.6 Å². The van der Waals surface area contributed by atoms with Crippen LogP contribution >= 0.6 is 0 Å². The van der Waals surface area contributed by atoms with Crippen molar-refractivity contribution in [2.24, 2.45) is 0 Å². The highest BCUT2D eigenvalue weighted by atomic mass is 16.8. The van der Waals surface area contributed by atoms with Gasteiger partial charge in [0.25, 0.3) is 0 Å². The van der Waals surface area contributed by atoms with Crippen molar-refractivity contribution in [1.29, 1.82) is 0 Å². The second-order valence-electron chi connectivity index (χ2n) is 10.0. The molecule has 1 aliphatic rings. The Balaban J connectivity index is 1.80. The van der Waals surface area contributed by atoms with Crippen molar-refractivity contribution in [3.8, 4) is 0 Å². The van der Waals surface area contributed by atoms with E-state index in [9.17, 15) is 5.11 Å². The molecule has 0 spiro atoms. The fourth-order valence-corrected chi connectivity index (χ4v) is 5.74. The summed E-state index contributed by atoms with van der Waals surface area (Å²) in [5, 5.41) is 16.6. The third-order valence-corrected chi connectivity index (χ3v) is 7.28. The zero-order valence-corrected chi connectivity index (χ0v) is 21.7. The molecule has 0 bridgehead atoms. The maximum Gasteiger partial charge on any atom is 0.164 e. The largest absolute Gasteiger partial charge is 0.378 e. The Morgan fingerprint density at radius 3 is 1.35 bits per heavy atom. The molecule has 0 aromatic heterocycles. The van der Waals surface area contributed by atoms with Gasteiger partial charge in [-0.15, -0.1) is 0 Å². The van der Waals surface area contributed by atoms with Crippen LogP contribution in [0.1, 0.15) is 43.0 Å². The molecule has 0 aliphatic carbocycles. The van der Waals surface area contributed by atoms with Gasteiger partial charge in [0.15, 0.2) is 5.79 Å². The molecule has 190 valence electrons. The highest BCUT2D eigenvalue weighted by Gasteiger charge is 2.61. The van der Waals surface area contributed by atoms with Gasteiger partial charge in [-0.25, -0.2) is 0 Å². The molecule has 0 amide bonds. The topological polar surface area (TPSA) is 50.7 Å². The van der Waals surface area contributed by atoms with Crippen LogP contribution in [0.3, 0.4) is 0 Å². The minimum atomic E-state index is -1.48. The normalized spacial score (nSPS) is 19.6. The fourth-order valence-electron chi connectivity index (χ4n) is 5.74. The van der Waals surface area contributed by atoms with Crippen LogP contribution in [0.4, 0.5) is 0 Å². The predicted octanol–water partition coefficient (Wildman–Crippen LogP) is 6.00. The number of ether oxygens (including phenoxy) is 2. The number of benzene rings is 4. The summed E-state index contributed by atoms with van der Waals surface area (Å²) in [7, 11) is 0. The smallest absolute Gasteiger partial charge is 0.164 e. The van der Waals surface area contributed by atoms with Crippen LogP contribution in [0.5, 0.6) is 0 Å². The zero-order chi connectivity index (χ0) is 25.9. The molecule has 1 aliphatic heterocycles. The molecule has 4 nitrogen and oxygen atoms in total. The van der Waals surface area contributed by atoms with Gasteiger partial charge in [0.1, 0.15) is 17.8 Å². The van der Waals surface area contributed by atoms with Crippen molar-refractivity contribution in [3.63, 3.8) is 0 Å². The van der Waals surface area contributed by atoms with Gasteiger partial charge in [-0.3, -0.25) is 0 Å². The van der Waals surface area contributed by atoms with Gasteiger partial charge in [0.05, 0.1) is 5.54 Å². The van der Waals surface area contributed by atoms with Gasteiger partial charge in [-0.05, 0) is 42.6 Å². The number of rotatable bonds is 8. The summed E-state index contributed by atoms with van der Waals surface area (Å²) < 4.78 is 13.6. The van der Waals surface area contributed by atoms with Crippen molar-refractivity contribution >= 4 is 0 Å². The summed E-state index contributed by atoms with van der Waals surface area (Å²) in [5.41, 5.74) is 1.32. The quantitative estimate of drug-likeness (QED) is 0.316. The van der Waals surface area contributed by atoms with E-state index in [0.717, 1.165) is 22.3 Å². The van der Waals surface area contributed by atoms with E-state index < -0.39 is 29.1 Å². The van der Waals surface area contributed by atoms with Crippen molar-refractivity contribution in [3.05, 3.63) is 144 Å². The SMILES string of the molecule is CCNC(c1ccccc1)(c1ccccc1)[C@H]1OC(C)(C)O[C@@H]1C(O)(c1ccccc1)c1ccccc1. The van der Waals surface area contributed by atoms with Gasteiger partial charge in [-0.2, -0.15) is 0 Å². The number of aliphatic hydroxyl groups is 1. The minimum Gasteiger partial charge on any atom is -0.378 e. The lowest BCUT2D eigenvalue weighted by atomic mass is 9.70. The monoisotopic (exact) mass is 493 g/mol. The van der Waals surface area contributed by atoms with E-state index in [1.165, 1.54) is 0 Å². The first kappa shape index (κ1) is 25.4. The van der Waals surface area contributed by atoms with Crippen LogP contribution in [0, 0.1) is 0 Å². The highest BCUT2D eigenvalue weighted by Crippen LogP contribution is 2.50. The molecule has 4 aromatic carbocycles. The third-order valence-electron chi connectivity index (χ3n) is 7.28. The standard InChI is InChI=1S/C33H35NO3/c1-4-34-32(25-17-9-5-10-18-25,26-19-11-6-12-20-26)29-30(37-31(2,3)36-29)33(35,27-21-13-7-14-22-27)28-23-15-8-16-24-28/h5-24,29-30,34-35H,4H2,1-3H3/t29-,30-/m0/s1. The average Bonchev–Trinajstić information content (AvgIpc) is 3.29. The van der Waals surface area contributed by atoms with E-state index in [-0.39, 0.29) is 0 Å². The first-order chi connectivity index (χ1) is 17.9. The van der Waals surface area contributed by atoms with Gasteiger partial charge >= 0.3 is 0 Å². The summed E-state index contributed by atoms with van der Waals surface area (Å²) in [6.45, 7) is 6.62.